The van der Waals surface area contributed by atoms with Crippen molar-refractivity contribution in [3.63, 3.8) is 0 Å². The van der Waals surface area contributed by atoms with Crippen molar-refractivity contribution in [3.05, 3.63) is 34.2 Å². The Labute approximate surface area is 150 Å². The summed E-state index contributed by atoms with van der Waals surface area (Å²) in [4.78, 5) is 14.5. The molecule has 0 aliphatic heterocycles. The highest BCUT2D eigenvalue weighted by Gasteiger charge is 2.23. The highest BCUT2D eigenvalue weighted by atomic mass is 35.5. The van der Waals surface area contributed by atoms with Crippen LogP contribution >= 0.6 is 23.2 Å². The Hall–Kier alpha value is -2.16. The average Bonchev–Trinajstić information content (AvgIpc) is 3.19. The zero-order chi connectivity index (χ0) is 18.1. The van der Waals surface area contributed by atoms with Gasteiger partial charge in [0.15, 0.2) is 0 Å². The molecule has 6 nitrogen and oxygen atoms in total. The lowest BCUT2D eigenvalue weighted by molar-refractivity contribution is -0.126. The average molecular weight is 389 g/mol. The summed E-state index contributed by atoms with van der Waals surface area (Å²) in [5.74, 6) is -1.46. The number of hydrogen-bond donors (Lipinski definition) is 4. The van der Waals surface area contributed by atoms with Gasteiger partial charge >= 0.3 is 6.43 Å². The first-order chi connectivity index (χ1) is 11.9. The third-order valence-corrected chi connectivity index (χ3v) is 4.44. The lowest BCUT2D eigenvalue weighted by Gasteiger charge is -2.10. The Morgan fingerprint density at radius 2 is 2.16 bits per heavy atom. The third-order valence-electron chi connectivity index (χ3n) is 3.65. The first-order valence-corrected chi connectivity index (χ1v) is 7.91. The molecule has 1 aromatic carbocycles. The summed E-state index contributed by atoms with van der Waals surface area (Å²) in [5.41, 5.74) is 2.29. The number of halogens is 4. The molecule has 0 aliphatic rings. The molecule has 0 fully saturated rings. The predicted octanol–water partition coefficient (Wildman–Crippen LogP) is 3.60. The van der Waals surface area contributed by atoms with E-state index in [4.69, 9.17) is 23.2 Å². The lowest BCUT2D eigenvalue weighted by atomic mass is 10.0. The normalized spacial score (nSPS) is 11.4. The van der Waals surface area contributed by atoms with Crippen LogP contribution in [0.15, 0.2) is 18.5 Å². The summed E-state index contributed by atoms with van der Waals surface area (Å²) >= 11 is 12.3. The minimum atomic E-state index is -3.18. The largest absolute Gasteiger partial charge is 0.396 e. The molecule has 10 heteroatoms. The number of aliphatic hydroxyl groups is 1. The molecule has 1 amide bonds. The van der Waals surface area contributed by atoms with E-state index in [1.54, 1.807) is 6.20 Å². The second kappa shape index (κ2) is 6.99. The standard InChI is InChI=1S/C15H12Cl2F2N4O2/c16-7-3-9(23-15(25)14(18)19)11-10(6-4-20-21-5-6)8(1-2-24)22-13(11)12(7)17/h3-5,14,22,24H,1-2H2,(H,20,21)(H,23,25). The summed E-state index contributed by atoms with van der Waals surface area (Å²) < 4.78 is 25.3. The van der Waals surface area contributed by atoms with Crippen molar-refractivity contribution in [3.8, 4) is 11.1 Å². The van der Waals surface area contributed by atoms with Crippen LogP contribution in [-0.2, 0) is 11.2 Å². The first-order valence-electron chi connectivity index (χ1n) is 7.15. The molecule has 0 unspecified atom stereocenters. The number of rotatable bonds is 5. The predicted molar refractivity (Wildman–Crippen MR) is 91.3 cm³/mol. The van der Waals surface area contributed by atoms with Gasteiger partial charge in [-0.25, -0.2) is 0 Å². The molecular formula is C15H12Cl2F2N4O2. The van der Waals surface area contributed by atoms with Crippen molar-refractivity contribution in [2.45, 2.75) is 12.8 Å². The Balaban J connectivity index is 2.32. The van der Waals surface area contributed by atoms with Crippen LogP contribution in [-0.4, -0.2) is 39.2 Å². The zero-order valence-electron chi connectivity index (χ0n) is 12.5. The molecule has 0 saturated carbocycles. The number of benzene rings is 1. The van der Waals surface area contributed by atoms with Gasteiger partial charge in [-0.05, 0) is 6.07 Å². The molecule has 3 aromatic rings. The maximum atomic E-state index is 12.7. The second-order valence-corrected chi connectivity index (χ2v) is 5.98. The minimum absolute atomic E-state index is 0.0892. The number of anilines is 1. The topological polar surface area (TPSA) is 93.8 Å². The maximum absolute atomic E-state index is 12.7. The molecule has 0 aliphatic carbocycles. The van der Waals surface area contributed by atoms with Crippen molar-refractivity contribution in [1.29, 1.82) is 0 Å². The van der Waals surface area contributed by atoms with Gasteiger partial charge in [0.25, 0.3) is 5.91 Å². The molecule has 0 bridgehead atoms. The summed E-state index contributed by atoms with van der Waals surface area (Å²) in [6.45, 7) is -0.151. The second-order valence-electron chi connectivity index (χ2n) is 5.20. The van der Waals surface area contributed by atoms with Gasteiger partial charge < -0.3 is 15.4 Å². The number of alkyl halides is 2. The number of aromatic nitrogens is 3. The van der Waals surface area contributed by atoms with Crippen molar-refractivity contribution in [2.24, 2.45) is 0 Å². The zero-order valence-corrected chi connectivity index (χ0v) is 14.1. The summed E-state index contributed by atoms with van der Waals surface area (Å²) in [6, 6.07) is 1.31. The quantitative estimate of drug-likeness (QED) is 0.537. The first kappa shape index (κ1) is 17.7. The van der Waals surface area contributed by atoms with Gasteiger partial charge in [0.2, 0.25) is 0 Å². The summed E-state index contributed by atoms with van der Waals surface area (Å²) in [7, 11) is 0. The third kappa shape index (κ3) is 3.20. The van der Waals surface area contributed by atoms with Gasteiger partial charge in [-0.3, -0.25) is 9.89 Å². The molecule has 0 radical (unpaired) electrons. The number of nitrogens with zero attached hydrogens (tertiary/aromatic N) is 1. The molecule has 4 N–H and O–H groups in total. The van der Waals surface area contributed by atoms with Gasteiger partial charge in [0.05, 0.1) is 27.4 Å². The summed E-state index contributed by atoms with van der Waals surface area (Å²) in [6.07, 6.45) is 0.207. The molecule has 0 atom stereocenters. The molecule has 25 heavy (non-hydrogen) atoms. The fourth-order valence-electron chi connectivity index (χ4n) is 2.66. The SMILES string of the molecule is O=C(Nc1cc(Cl)c(Cl)c2[nH]c(CCO)c(-c3cn[nH]c3)c12)C(F)F. The van der Waals surface area contributed by atoms with Crippen LogP contribution in [0.1, 0.15) is 5.69 Å². The van der Waals surface area contributed by atoms with E-state index in [0.29, 0.717) is 27.7 Å². The minimum Gasteiger partial charge on any atom is -0.396 e. The van der Waals surface area contributed by atoms with Crippen molar-refractivity contribution >= 4 is 45.7 Å². The van der Waals surface area contributed by atoms with Crippen LogP contribution in [0.2, 0.25) is 10.0 Å². The van der Waals surface area contributed by atoms with E-state index in [9.17, 15) is 18.7 Å². The monoisotopic (exact) mass is 388 g/mol. The Bertz CT molecular complexity index is 926. The summed E-state index contributed by atoms with van der Waals surface area (Å²) in [5, 5.41) is 18.7. The van der Waals surface area contributed by atoms with Crippen molar-refractivity contribution in [1.82, 2.24) is 15.2 Å². The van der Waals surface area contributed by atoms with E-state index in [1.165, 1.54) is 12.3 Å². The van der Waals surface area contributed by atoms with Crippen molar-refractivity contribution < 1.29 is 18.7 Å². The molecule has 0 saturated heterocycles. The van der Waals surface area contributed by atoms with Gasteiger partial charge in [0.1, 0.15) is 0 Å². The maximum Gasteiger partial charge on any atom is 0.315 e. The fraction of sp³-hybridized carbons (Fsp3) is 0.200. The van der Waals surface area contributed by atoms with Gasteiger partial charge in [-0.1, -0.05) is 23.2 Å². The lowest BCUT2D eigenvalue weighted by Crippen LogP contribution is -2.20. The highest BCUT2D eigenvalue weighted by Crippen LogP contribution is 2.43. The number of fused-ring (bicyclic) bond motifs is 1. The van der Waals surface area contributed by atoms with Crippen LogP contribution < -0.4 is 5.32 Å². The Morgan fingerprint density at radius 3 is 2.76 bits per heavy atom. The van der Waals surface area contributed by atoms with Crippen LogP contribution in [0, 0.1) is 0 Å². The molecule has 2 heterocycles. The number of H-pyrrole nitrogens is 2. The molecule has 2 aromatic heterocycles. The van der Waals surface area contributed by atoms with E-state index in [1.807, 2.05) is 0 Å². The van der Waals surface area contributed by atoms with Crippen LogP contribution in [0.4, 0.5) is 14.5 Å². The van der Waals surface area contributed by atoms with Gasteiger partial charge in [-0.15, -0.1) is 0 Å². The van der Waals surface area contributed by atoms with E-state index in [0.717, 1.165) is 0 Å². The number of amides is 1. The Kier molecular flexibility index (Phi) is 4.94. The van der Waals surface area contributed by atoms with E-state index in [2.05, 4.69) is 20.5 Å². The van der Waals surface area contributed by atoms with E-state index < -0.39 is 12.3 Å². The van der Waals surface area contributed by atoms with Crippen LogP contribution in [0.3, 0.4) is 0 Å². The van der Waals surface area contributed by atoms with Gasteiger partial charge in [0, 0.05) is 41.4 Å². The molecule has 0 spiro atoms. The van der Waals surface area contributed by atoms with Crippen molar-refractivity contribution in [2.75, 3.05) is 11.9 Å². The van der Waals surface area contributed by atoms with Crippen LogP contribution in [0.5, 0.6) is 0 Å². The van der Waals surface area contributed by atoms with Crippen LogP contribution in [0.25, 0.3) is 22.0 Å². The highest BCUT2D eigenvalue weighted by molar-refractivity contribution is 6.46. The molecular weight excluding hydrogens is 377 g/mol. The number of carbonyl (C=O) groups is 1. The number of carbonyl (C=O) groups excluding carboxylic acids is 1. The van der Waals surface area contributed by atoms with E-state index in [-0.39, 0.29) is 28.8 Å². The van der Waals surface area contributed by atoms with Gasteiger partial charge in [-0.2, -0.15) is 13.9 Å². The number of nitrogens with one attached hydrogen (secondary N) is 3. The number of hydrogen-bond acceptors (Lipinski definition) is 3. The number of aliphatic hydroxyl groups excluding tert-OH is 1. The Morgan fingerprint density at radius 1 is 1.40 bits per heavy atom. The molecule has 132 valence electrons. The smallest absolute Gasteiger partial charge is 0.315 e. The fourth-order valence-corrected chi connectivity index (χ4v) is 3.06. The molecule has 3 rings (SSSR count). The van der Waals surface area contributed by atoms with E-state index >= 15 is 0 Å². The number of aromatic amines is 2.